The molecule has 1 aliphatic heterocycles. The highest BCUT2D eigenvalue weighted by Gasteiger charge is 2.14. The Labute approximate surface area is 102 Å². The van der Waals surface area contributed by atoms with Crippen molar-refractivity contribution in [2.24, 2.45) is 5.73 Å². The number of nitrogens with zero attached hydrogens (tertiary/aromatic N) is 4. The van der Waals surface area contributed by atoms with Crippen molar-refractivity contribution in [2.75, 3.05) is 46.3 Å². The second kappa shape index (κ2) is 6.09. The van der Waals surface area contributed by atoms with Crippen LogP contribution in [0.15, 0.2) is 4.52 Å². The van der Waals surface area contributed by atoms with Gasteiger partial charge in [0.05, 0.1) is 0 Å². The van der Waals surface area contributed by atoms with Crippen molar-refractivity contribution < 1.29 is 4.52 Å². The molecule has 2 heterocycles. The van der Waals surface area contributed by atoms with Crippen LogP contribution in [0.5, 0.6) is 0 Å². The highest BCUT2D eigenvalue weighted by Crippen LogP contribution is 2.03. The normalized spacial score (nSPS) is 18.7. The van der Waals surface area contributed by atoms with E-state index in [1.165, 1.54) is 0 Å². The summed E-state index contributed by atoms with van der Waals surface area (Å²) in [6.07, 6.45) is 1.53. The van der Waals surface area contributed by atoms with Crippen LogP contribution in [0.3, 0.4) is 0 Å². The SMILES string of the molecule is CN1CCN(CCc2noc(CCN)n2)CC1. The molecule has 1 aromatic rings. The fourth-order valence-electron chi connectivity index (χ4n) is 1.95. The molecule has 0 unspecified atom stereocenters. The lowest BCUT2D eigenvalue weighted by Gasteiger charge is -2.31. The van der Waals surface area contributed by atoms with Gasteiger partial charge in [-0.2, -0.15) is 4.98 Å². The molecule has 96 valence electrons. The van der Waals surface area contributed by atoms with Gasteiger partial charge >= 0.3 is 0 Å². The van der Waals surface area contributed by atoms with E-state index in [1.54, 1.807) is 0 Å². The maximum atomic E-state index is 5.43. The number of nitrogens with two attached hydrogens (primary N) is 1. The van der Waals surface area contributed by atoms with Crippen molar-refractivity contribution >= 4 is 0 Å². The molecule has 2 N–H and O–H groups in total. The summed E-state index contributed by atoms with van der Waals surface area (Å²) in [7, 11) is 2.16. The molecule has 0 radical (unpaired) electrons. The predicted octanol–water partition coefficient (Wildman–Crippen LogP) is -0.639. The third kappa shape index (κ3) is 3.76. The van der Waals surface area contributed by atoms with Crippen molar-refractivity contribution in [3.63, 3.8) is 0 Å². The van der Waals surface area contributed by atoms with Crippen LogP contribution in [0.2, 0.25) is 0 Å². The van der Waals surface area contributed by atoms with E-state index < -0.39 is 0 Å². The van der Waals surface area contributed by atoms with Gasteiger partial charge in [0.25, 0.3) is 0 Å². The largest absolute Gasteiger partial charge is 0.339 e. The van der Waals surface area contributed by atoms with Gasteiger partial charge in [-0.25, -0.2) is 0 Å². The van der Waals surface area contributed by atoms with Gasteiger partial charge in [0.15, 0.2) is 5.82 Å². The minimum absolute atomic E-state index is 0.556. The van der Waals surface area contributed by atoms with Gasteiger partial charge in [-0.15, -0.1) is 0 Å². The molecule has 0 spiro atoms. The monoisotopic (exact) mass is 239 g/mol. The predicted molar refractivity (Wildman–Crippen MR) is 64.7 cm³/mol. The number of hydrogen-bond donors (Lipinski definition) is 1. The van der Waals surface area contributed by atoms with Crippen LogP contribution in [0.25, 0.3) is 0 Å². The molecule has 0 bridgehead atoms. The van der Waals surface area contributed by atoms with Gasteiger partial charge in [-0.05, 0) is 7.05 Å². The molecule has 1 aromatic heterocycles. The Balaban J connectivity index is 1.73. The summed E-state index contributed by atoms with van der Waals surface area (Å²) in [5.41, 5.74) is 5.43. The van der Waals surface area contributed by atoms with Gasteiger partial charge in [0.2, 0.25) is 5.89 Å². The van der Waals surface area contributed by atoms with Crippen LogP contribution in [-0.2, 0) is 12.8 Å². The number of rotatable bonds is 5. The first kappa shape index (κ1) is 12.5. The van der Waals surface area contributed by atoms with Gasteiger partial charge in [-0.1, -0.05) is 5.16 Å². The summed E-state index contributed by atoms with van der Waals surface area (Å²) in [6.45, 7) is 6.11. The lowest BCUT2D eigenvalue weighted by atomic mass is 10.3. The third-order valence-electron chi connectivity index (χ3n) is 3.12. The molecule has 0 atom stereocenters. The second-order valence-corrected chi connectivity index (χ2v) is 4.54. The average molecular weight is 239 g/mol. The molecular weight excluding hydrogens is 218 g/mol. The van der Waals surface area contributed by atoms with E-state index in [4.69, 9.17) is 10.3 Å². The number of likely N-dealkylation sites (N-methyl/N-ethyl adjacent to an activating group) is 1. The van der Waals surface area contributed by atoms with E-state index in [1.807, 2.05) is 0 Å². The van der Waals surface area contributed by atoms with Crippen LogP contribution >= 0.6 is 0 Å². The van der Waals surface area contributed by atoms with Gasteiger partial charge in [0.1, 0.15) is 0 Å². The standard InChI is InChI=1S/C11H21N5O/c1-15-6-8-16(9-7-15)5-3-10-13-11(2-4-12)17-14-10/h2-9,12H2,1H3. The molecule has 17 heavy (non-hydrogen) atoms. The van der Waals surface area contributed by atoms with E-state index in [0.717, 1.165) is 45.0 Å². The summed E-state index contributed by atoms with van der Waals surface area (Å²) in [5.74, 6) is 1.45. The van der Waals surface area contributed by atoms with Crippen molar-refractivity contribution in [3.8, 4) is 0 Å². The van der Waals surface area contributed by atoms with E-state index in [2.05, 4.69) is 27.0 Å². The minimum atomic E-state index is 0.556. The topological polar surface area (TPSA) is 71.4 Å². The van der Waals surface area contributed by atoms with E-state index in [0.29, 0.717) is 18.9 Å². The zero-order valence-electron chi connectivity index (χ0n) is 10.4. The van der Waals surface area contributed by atoms with E-state index >= 15 is 0 Å². The smallest absolute Gasteiger partial charge is 0.227 e. The Morgan fingerprint density at radius 3 is 2.71 bits per heavy atom. The Morgan fingerprint density at radius 2 is 2.00 bits per heavy atom. The quantitative estimate of drug-likeness (QED) is 0.737. The molecule has 0 amide bonds. The molecule has 0 aromatic carbocycles. The highest BCUT2D eigenvalue weighted by atomic mass is 16.5. The molecule has 6 nitrogen and oxygen atoms in total. The maximum absolute atomic E-state index is 5.43. The van der Waals surface area contributed by atoms with E-state index in [-0.39, 0.29) is 0 Å². The van der Waals surface area contributed by atoms with Crippen LogP contribution in [0.4, 0.5) is 0 Å². The summed E-state index contributed by atoms with van der Waals surface area (Å²) in [5, 5.41) is 3.96. The first-order valence-corrected chi connectivity index (χ1v) is 6.20. The zero-order valence-corrected chi connectivity index (χ0v) is 10.4. The molecule has 0 aliphatic carbocycles. The Morgan fingerprint density at radius 1 is 1.24 bits per heavy atom. The lowest BCUT2D eigenvalue weighted by Crippen LogP contribution is -2.45. The number of aromatic nitrogens is 2. The molecule has 2 rings (SSSR count). The fraction of sp³-hybridized carbons (Fsp3) is 0.818. The third-order valence-corrected chi connectivity index (χ3v) is 3.12. The Kier molecular flexibility index (Phi) is 4.47. The highest BCUT2D eigenvalue weighted by molar-refractivity contribution is 4.88. The van der Waals surface area contributed by atoms with Crippen molar-refractivity contribution in [2.45, 2.75) is 12.8 Å². The molecule has 1 saturated heterocycles. The molecule has 0 saturated carbocycles. The summed E-state index contributed by atoms with van der Waals surface area (Å²) in [6, 6.07) is 0. The zero-order chi connectivity index (χ0) is 12.1. The van der Waals surface area contributed by atoms with Crippen LogP contribution < -0.4 is 5.73 Å². The minimum Gasteiger partial charge on any atom is -0.339 e. The molecule has 1 aliphatic rings. The van der Waals surface area contributed by atoms with Crippen molar-refractivity contribution in [1.82, 2.24) is 19.9 Å². The fourth-order valence-corrected chi connectivity index (χ4v) is 1.95. The summed E-state index contributed by atoms with van der Waals surface area (Å²) >= 11 is 0. The molecular formula is C11H21N5O. The average Bonchev–Trinajstić information content (AvgIpc) is 2.77. The molecule has 6 heteroatoms. The first-order chi connectivity index (χ1) is 8.28. The first-order valence-electron chi connectivity index (χ1n) is 6.20. The van der Waals surface area contributed by atoms with Gasteiger partial charge in [0, 0.05) is 52.1 Å². The number of hydrogen-bond acceptors (Lipinski definition) is 6. The summed E-state index contributed by atoms with van der Waals surface area (Å²) in [4.78, 5) is 9.10. The van der Waals surface area contributed by atoms with Gasteiger partial charge < -0.3 is 20.1 Å². The Bertz CT molecular complexity index is 332. The van der Waals surface area contributed by atoms with Crippen LogP contribution in [0.1, 0.15) is 11.7 Å². The number of piperazine rings is 1. The molecule has 1 fully saturated rings. The van der Waals surface area contributed by atoms with Crippen molar-refractivity contribution in [1.29, 1.82) is 0 Å². The van der Waals surface area contributed by atoms with E-state index in [9.17, 15) is 0 Å². The Hall–Kier alpha value is -0.980. The van der Waals surface area contributed by atoms with Gasteiger partial charge in [-0.3, -0.25) is 0 Å². The summed E-state index contributed by atoms with van der Waals surface area (Å²) < 4.78 is 5.09. The van der Waals surface area contributed by atoms with Crippen LogP contribution in [0, 0.1) is 0 Å². The van der Waals surface area contributed by atoms with Crippen molar-refractivity contribution in [3.05, 3.63) is 11.7 Å². The van der Waals surface area contributed by atoms with Crippen LogP contribution in [-0.4, -0.2) is 66.3 Å². The second-order valence-electron chi connectivity index (χ2n) is 4.54. The maximum Gasteiger partial charge on any atom is 0.227 e. The lowest BCUT2D eigenvalue weighted by molar-refractivity contribution is 0.154.